The number of nitrogens with zero attached hydrogens (tertiary/aromatic N) is 1. The van der Waals surface area contributed by atoms with Gasteiger partial charge >= 0.3 is 0 Å². The van der Waals surface area contributed by atoms with Crippen LogP contribution < -0.4 is 14.8 Å². The Labute approximate surface area is 186 Å². The van der Waals surface area contributed by atoms with Crippen molar-refractivity contribution in [1.82, 2.24) is 10.2 Å². The molecule has 0 radical (unpaired) electrons. The van der Waals surface area contributed by atoms with E-state index in [2.05, 4.69) is 26.1 Å². The number of morpholine rings is 1. The van der Waals surface area contributed by atoms with E-state index in [4.69, 9.17) is 25.8 Å². The van der Waals surface area contributed by atoms with Crippen LogP contribution >= 0.6 is 27.5 Å². The molecule has 1 N–H and O–H groups in total. The summed E-state index contributed by atoms with van der Waals surface area (Å²) in [5.41, 5.74) is 2.09. The van der Waals surface area contributed by atoms with Gasteiger partial charge in [0.1, 0.15) is 6.61 Å². The van der Waals surface area contributed by atoms with E-state index >= 15 is 0 Å². The molecule has 2 aromatic carbocycles. The monoisotopic (exact) mass is 482 g/mol. The standard InChI is InChI=1S/C22H28BrClN2O3/c1-2-28-21-13-18(15-25-7-8-26-9-11-27-12-10-26)19(23)14-22(21)29-16-17-5-3-4-6-20(17)24/h3-6,13-14,25H,2,7-12,15-16H2,1H3. The van der Waals surface area contributed by atoms with E-state index in [1.165, 1.54) is 0 Å². The van der Waals surface area contributed by atoms with E-state index < -0.39 is 0 Å². The van der Waals surface area contributed by atoms with Crippen molar-refractivity contribution < 1.29 is 14.2 Å². The molecule has 1 aliphatic rings. The lowest BCUT2D eigenvalue weighted by molar-refractivity contribution is 0.0384. The van der Waals surface area contributed by atoms with Crippen LogP contribution in [0.1, 0.15) is 18.1 Å². The van der Waals surface area contributed by atoms with Crippen molar-refractivity contribution in [1.29, 1.82) is 0 Å². The molecular formula is C22H28BrClN2O3. The maximum atomic E-state index is 6.24. The molecule has 1 heterocycles. The molecular weight excluding hydrogens is 456 g/mol. The Morgan fingerprint density at radius 1 is 1.10 bits per heavy atom. The Balaban J connectivity index is 1.58. The Kier molecular flexibility index (Phi) is 9.08. The molecule has 3 rings (SSSR count). The number of rotatable bonds is 10. The van der Waals surface area contributed by atoms with Gasteiger partial charge < -0.3 is 19.5 Å². The second-order valence-electron chi connectivity index (χ2n) is 6.83. The van der Waals surface area contributed by atoms with Gasteiger partial charge in [0.15, 0.2) is 11.5 Å². The second kappa shape index (κ2) is 11.8. The maximum Gasteiger partial charge on any atom is 0.162 e. The first-order valence-corrected chi connectivity index (χ1v) is 11.2. The first kappa shape index (κ1) is 22.4. The molecule has 2 aromatic rings. The van der Waals surface area contributed by atoms with Crippen molar-refractivity contribution >= 4 is 27.5 Å². The van der Waals surface area contributed by atoms with E-state index in [0.717, 1.165) is 67.3 Å². The molecule has 7 heteroatoms. The van der Waals surface area contributed by atoms with E-state index in [0.29, 0.717) is 24.0 Å². The summed E-state index contributed by atoms with van der Waals surface area (Å²) in [7, 11) is 0. The lowest BCUT2D eigenvalue weighted by Gasteiger charge is -2.26. The lowest BCUT2D eigenvalue weighted by Crippen LogP contribution is -2.40. The van der Waals surface area contributed by atoms with Crippen LogP contribution in [0.3, 0.4) is 0 Å². The summed E-state index contributed by atoms with van der Waals surface area (Å²) in [5, 5.41) is 4.22. The summed E-state index contributed by atoms with van der Waals surface area (Å²) in [6.45, 7) is 9.35. The molecule has 1 saturated heterocycles. The molecule has 0 unspecified atom stereocenters. The van der Waals surface area contributed by atoms with E-state index in [-0.39, 0.29) is 0 Å². The maximum absolute atomic E-state index is 6.24. The summed E-state index contributed by atoms with van der Waals surface area (Å²) < 4.78 is 18.2. The zero-order valence-electron chi connectivity index (χ0n) is 16.8. The summed E-state index contributed by atoms with van der Waals surface area (Å²) >= 11 is 9.91. The SMILES string of the molecule is CCOc1cc(CNCCN2CCOCC2)c(Br)cc1OCc1ccccc1Cl. The highest BCUT2D eigenvalue weighted by atomic mass is 79.9. The van der Waals surface area contributed by atoms with Crippen molar-refractivity contribution in [3.8, 4) is 11.5 Å². The highest BCUT2D eigenvalue weighted by Gasteiger charge is 2.13. The average Bonchev–Trinajstić information content (AvgIpc) is 2.74. The van der Waals surface area contributed by atoms with Gasteiger partial charge in [-0.15, -0.1) is 0 Å². The van der Waals surface area contributed by atoms with Gasteiger partial charge in [-0.1, -0.05) is 45.7 Å². The predicted molar refractivity (Wildman–Crippen MR) is 120 cm³/mol. The molecule has 0 aliphatic carbocycles. The summed E-state index contributed by atoms with van der Waals surface area (Å²) in [6, 6.07) is 11.7. The molecule has 0 bridgehead atoms. The fourth-order valence-electron chi connectivity index (χ4n) is 3.15. The average molecular weight is 484 g/mol. The van der Waals surface area contributed by atoms with Gasteiger partial charge in [-0.05, 0) is 30.7 Å². The molecule has 1 fully saturated rings. The van der Waals surface area contributed by atoms with E-state index in [1.54, 1.807) is 0 Å². The van der Waals surface area contributed by atoms with Crippen molar-refractivity contribution in [2.24, 2.45) is 0 Å². The quantitative estimate of drug-likeness (QED) is 0.504. The highest BCUT2D eigenvalue weighted by molar-refractivity contribution is 9.10. The second-order valence-corrected chi connectivity index (χ2v) is 8.10. The fraction of sp³-hybridized carbons (Fsp3) is 0.455. The zero-order valence-corrected chi connectivity index (χ0v) is 19.1. The van der Waals surface area contributed by atoms with Gasteiger partial charge in [0, 0.05) is 47.8 Å². The fourth-order valence-corrected chi connectivity index (χ4v) is 3.80. The summed E-state index contributed by atoms with van der Waals surface area (Å²) in [5.74, 6) is 1.45. The van der Waals surface area contributed by atoms with Gasteiger partial charge in [-0.3, -0.25) is 4.90 Å². The Morgan fingerprint density at radius 3 is 2.62 bits per heavy atom. The molecule has 0 saturated carbocycles. The predicted octanol–water partition coefficient (Wildman–Crippen LogP) is 4.50. The molecule has 0 aromatic heterocycles. The lowest BCUT2D eigenvalue weighted by atomic mass is 10.2. The molecule has 0 spiro atoms. The smallest absolute Gasteiger partial charge is 0.162 e. The highest BCUT2D eigenvalue weighted by Crippen LogP contribution is 2.34. The van der Waals surface area contributed by atoms with Gasteiger partial charge in [-0.25, -0.2) is 0 Å². The minimum Gasteiger partial charge on any atom is -0.490 e. The van der Waals surface area contributed by atoms with Crippen molar-refractivity contribution in [3.63, 3.8) is 0 Å². The number of halogens is 2. The van der Waals surface area contributed by atoms with Crippen LogP contribution in [0.25, 0.3) is 0 Å². The number of hydrogen-bond donors (Lipinski definition) is 1. The van der Waals surface area contributed by atoms with Crippen LogP contribution in [0.5, 0.6) is 11.5 Å². The van der Waals surface area contributed by atoms with Gasteiger partial charge in [0.05, 0.1) is 19.8 Å². The third kappa shape index (κ3) is 6.86. The van der Waals surface area contributed by atoms with Crippen LogP contribution in [0.2, 0.25) is 5.02 Å². The van der Waals surface area contributed by atoms with Crippen molar-refractivity contribution in [2.75, 3.05) is 46.0 Å². The Hall–Kier alpha value is -1.31. The largest absolute Gasteiger partial charge is 0.490 e. The topological polar surface area (TPSA) is 43.0 Å². The number of hydrogen-bond acceptors (Lipinski definition) is 5. The minimum atomic E-state index is 0.392. The molecule has 5 nitrogen and oxygen atoms in total. The minimum absolute atomic E-state index is 0.392. The summed E-state index contributed by atoms with van der Waals surface area (Å²) in [6.07, 6.45) is 0. The number of nitrogens with one attached hydrogen (secondary N) is 1. The molecule has 158 valence electrons. The van der Waals surface area contributed by atoms with Crippen LogP contribution in [-0.4, -0.2) is 50.9 Å². The first-order valence-electron chi connectivity index (χ1n) is 9.99. The number of benzene rings is 2. The van der Waals surface area contributed by atoms with Crippen LogP contribution in [0.15, 0.2) is 40.9 Å². The van der Waals surface area contributed by atoms with Gasteiger partial charge in [-0.2, -0.15) is 0 Å². The number of ether oxygens (including phenoxy) is 3. The molecule has 0 atom stereocenters. The van der Waals surface area contributed by atoms with Crippen LogP contribution in [0.4, 0.5) is 0 Å². The third-order valence-corrected chi connectivity index (χ3v) is 5.88. The normalized spacial score (nSPS) is 14.7. The first-order chi connectivity index (χ1) is 14.2. The van der Waals surface area contributed by atoms with Gasteiger partial charge in [0.2, 0.25) is 0 Å². The summed E-state index contributed by atoms with van der Waals surface area (Å²) in [4.78, 5) is 2.42. The Morgan fingerprint density at radius 2 is 1.86 bits per heavy atom. The zero-order chi connectivity index (χ0) is 20.5. The van der Waals surface area contributed by atoms with Crippen molar-refractivity contribution in [3.05, 3.63) is 57.0 Å². The van der Waals surface area contributed by atoms with Gasteiger partial charge in [0.25, 0.3) is 0 Å². The third-order valence-electron chi connectivity index (χ3n) is 4.78. The van der Waals surface area contributed by atoms with Crippen molar-refractivity contribution in [2.45, 2.75) is 20.1 Å². The molecule has 0 amide bonds. The van der Waals surface area contributed by atoms with Crippen LogP contribution in [0, 0.1) is 0 Å². The molecule has 1 aliphatic heterocycles. The van der Waals surface area contributed by atoms with E-state index in [9.17, 15) is 0 Å². The Bertz CT molecular complexity index is 785. The van der Waals surface area contributed by atoms with Crippen LogP contribution in [-0.2, 0) is 17.9 Å². The molecule has 29 heavy (non-hydrogen) atoms. The van der Waals surface area contributed by atoms with E-state index in [1.807, 2.05) is 43.3 Å².